The van der Waals surface area contributed by atoms with Crippen LogP contribution in [0.2, 0.25) is 0 Å². The molecule has 26 heavy (non-hydrogen) atoms. The summed E-state index contributed by atoms with van der Waals surface area (Å²) in [6.45, 7) is -2.25. The van der Waals surface area contributed by atoms with Gasteiger partial charge in [-0.15, -0.1) is 0 Å². The van der Waals surface area contributed by atoms with Crippen LogP contribution in [0.3, 0.4) is 0 Å². The number of alkyl halides is 2. The smallest absolute Gasteiger partial charge is 0.387 e. The number of nitrogens with one attached hydrogen (secondary N) is 1. The number of hydrogen-bond donors (Lipinski definition) is 1. The average Bonchev–Trinajstić information content (AvgIpc) is 2.65. The summed E-state index contributed by atoms with van der Waals surface area (Å²) in [4.78, 5) is 12.2. The lowest BCUT2D eigenvalue weighted by Gasteiger charge is -2.16. The van der Waals surface area contributed by atoms with Gasteiger partial charge in [-0.25, -0.2) is 0 Å². The number of benzene rings is 2. The molecular formula is C19H17F2NO4. The normalized spacial score (nSPS) is 13.4. The van der Waals surface area contributed by atoms with Gasteiger partial charge in [-0.05, 0) is 23.8 Å². The summed E-state index contributed by atoms with van der Waals surface area (Å²) in [5, 5.41) is 2.66. The molecule has 0 saturated heterocycles. The Hall–Kier alpha value is -3.09. The average molecular weight is 361 g/mol. The number of carbonyl (C=O) groups excluding carboxylic acids is 1. The van der Waals surface area contributed by atoms with Crippen LogP contribution in [0, 0.1) is 0 Å². The molecule has 0 unspecified atom stereocenters. The van der Waals surface area contributed by atoms with Crippen molar-refractivity contribution in [3.8, 4) is 5.75 Å². The van der Waals surface area contributed by atoms with Crippen molar-refractivity contribution in [2.45, 2.75) is 13.0 Å². The van der Waals surface area contributed by atoms with Gasteiger partial charge in [0.1, 0.15) is 25.2 Å². The lowest BCUT2D eigenvalue weighted by atomic mass is 10.0. The molecule has 2 aromatic carbocycles. The first-order valence-electron chi connectivity index (χ1n) is 7.99. The van der Waals surface area contributed by atoms with Gasteiger partial charge < -0.3 is 19.5 Å². The first kappa shape index (κ1) is 17.7. The van der Waals surface area contributed by atoms with E-state index in [4.69, 9.17) is 9.47 Å². The Morgan fingerprint density at radius 3 is 2.65 bits per heavy atom. The zero-order valence-electron chi connectivity index (χ0n) is 13.8. The molecule has 0 fully saturated rings. The Balaban J connectivity index is 1.81. The van der Waals surface area contributed by atoms with E-state index in [9.17, 15) is 13.6 Å². The van der Waals surface area contributed by atoms with Gasteiger partial charge in [-0.3, -0.25) is 4.79 Å². The van der Waals surface area contributed by atoms with Crippen molar-refractivity contribution in [1.29, 1.82) is 0 Å². The number of halogens is 2. The quantitative estimate of drug-likeness (QED) is 0.852. The molecule has 3 rings (SSSR count). The lowest BCUT2D eigenvalue weighted by Crippen LogP contribution is -2.21. The molecule has 1 heterocycles. The number of rotatable bonds is 6. The molecular weight excluding hydrogens is 344 g/mol. The highest BCUT2D eigenvalue weighted by Crippen LogP contribution is 2.27. The van der Waals surface area contributed by atoms with E-state index < -0.39 is 12.5 Å². The van der Waals surface area contributed by atoms with Crippen molar-refractivity contribution in [3.63, 3.8) is 0 Å². The van der Waals surface area contributed by atoms with E-state index in [1.807, 2.05) is 30.3 Å². The largest absolute Gasteiger partial charge is 0.494 e. The first-order chi connectivity index (χ1) is 12.6. The van der Waals surface area contributed by atoms with E-state index in [2.05, 4.69) is 10.1 Å². The van der Waals surface area contributed by atoms with Crippen LogP contribution in [-0.2, 0) is 20.7 Å². The second kappa shape index (κ2) is 8.33. The van der Waals surface area contributed by atoms with Crippen LogP contribution in [0.25, 0.3) is 0 Å². The minimum atomic E-state index is -2.93. The van der Waals surface area contributed by atoms with E-state index >= 15 is 0 Å². The Kier molecular flexibility index (Phi) is 5.68. The van der Waals surface area contributed by atoms with Gasteiger partial charge in [0.2, 0.25) is 5.76 Å². The minimum Gasteiger partial charge on any atom is -0.494 e. The van der Waals surface area contributed by atoms with Crippen molar-refractivity contribution < 1.29 is 27.8 Å². The number of carbonyl (C=O) groups is 1. The second-order valence-corrected chi connectivity index (χ2v) is 5.52. The molecule has 7 heteroatoms. The molecule has 0 saturated carbocycles. The molecule has 0 spiro atoms. The van der Waals surface area contributed by atoms with E-state index in [1.54, 1.807) is 6.07 Å². The highest BCUT2D eigenvalue weighted by molar-refractivity contribution is 6.02. The summed E-state index contributed by atoms with van der Waals surface area (Å²) in [5.74, 6) is -0.343. The minimum absolute atomic E-state index is 0.0637. The Bertz CT molecular complexity index is 793. The monoisotopic (exact) mass is 361 g/mol. The molecule has 0 atom stereocenters. The summed E-state index contributed by atoms with van der Waals surface area (Å²) in [6, 6.07) is 13.9. The Labute approximate surface area is 149 Å². The predicted molar refractivity (Wildman–Crippen MR) is 90.9 cm³/mol. The molecule has 2 aromatic rings. The topological polar surface area (TPSA) is 56.8 Å². The predicted octanol–water partition coefficient (Wildman–Crippen LogP) is 3.71. The van der Waals surface area contributed by atoms with E-state index in [-0.39, 0.29) is 11.5 Å². The molecule has 1 N–H and O–H groups in total. The maximum absolute atomic E-state index is 12.7. The summed E-state index contributed by atoms with van der Waals surface area (Å²) in [6.07, 6.45) is 1.63. The van der Waals surface area contributed by atoms with Gasteiger partial charge in [0, 0.05) is 17.7 Å². The van der Waals surface area contributed by atoms with Crippen LogP contribution in [0.5, 0.6) is 5.75 Å². The van der Waals surface area contributed by atoms with Crippen LogP contribution in [-0.4, -0.2) is 25.7 Å². The zero-order valence-corrected chi connectivity index (χ0v) is 13.8. The van der Waals surface area contributed by atoms with Crippen LogP contribution in [0.4, 0.5) is 14.5 Å². The van der Waals surface area contributed by atoms with Crippen LogP contribution < -0.4 is 10.1 Å². The number of hydrogen-bond acceptors (Lipinski definition) is 4. The van der Waals surface area contributed by atoms with Crippen molar-refractivity contribution in [2.75, 3.05) is 18.5 Å². The fraction of sp³-hybridized carbons (Fsp3) is 0.211. The molecule has 1 aliphatic rings. The maximum Gasteiger partial charge on any atom is 0.387 e. The zero-order chi connectivity index (χ0) is 18.4. The standard InChI is InChI=1S/C19H17F2NO4/c20-19(21)26-16-7-6-15(22-18(23)17-12-24-8-9-25-17)11-14(16)10-13-4-2-1-3-5-13/h1-7,11-12,19H,8-10H2,(H,22,23). The highest BCUT2D eigenvalue weighted by Gasteiger charge is 2.17. The van der Waals surface area contributed by atoms with Crippen LogP contribution in [0.1, 0.15) is 11.1 Å². The van der Waals surface area contributed by atoms with Crippen LogP contribution >= 0.6 is 0 Å². The highest BCUT2D eigenvalue weighted by atomic mass is 19.3. The lowest BCUT2D eigenvalue weighted by molar-refractivity contribution is -0.117. The molecule has 1 amide bonds. The molecule has 136 valence electrons. The van der Waals surface area contributed by atoms with Gasteiger partial charge in [0.25, 0.3) is 5.91 Å². The van der Waals surface area contributed by atoms with E-state index in [1.165, 1.54) is 18.4 Å². The summed E-state index contributed by atoms with van der Waals surface area (Å²) < 4.78 is 40.2. The Morgan fingerprint density at radius 2 is 1.96 bits per heavy atom. The summed E-state index contributed by atoms with van der Waals surface area (Å²) in [7, 11) is 0. The van der Waals surface area contributed by atoms with Gasteiger partial charge in [0.15, 0.2) is 0 Å². The molecule has 1 aliphatic heterocycles. The van der Waals surface area contributed by atoms with Crippen molar-refractivity contribution in [3.05, 3.63) is 71.7 Å². The third kappa shape index (κ3) is 4.72. The molecule has 0 aromatic heterocycles. The van der Waals surface area contributed by atoms with Gasteiger partial charge in [-0.2, -0.15) is 8.78 Å². The third-order valence-electron chi connectivity index (χ3n) is 3.64. The fourth-order valence-electron chi connectivity index (χ4n) is 2.50. The third-order valence-corrected chi connectivity index (χ3v) is 3.64. The number of amides is 1. The maximum atomic E-state index is 12.7. The van der Waals surface area contributed by atoms with Gasteiger partial charge in [0.05, 0.1) is 0 Å². The molecule has 0 bridgehead atoms. The summed E-state index contributed by atoms with van der Waals surface area (Å²) in [5.41, 5.74) is 1.91. The van der Waals surface area contributed by atoms with Crippen molar-refractivity contribution in [1.82, 2.24) is 0 Å². The fourth-order valence-corrected chi connectivity index (χ4v) is 2.50. The van der Waals surface area contributed by atoms with Crippen LogP contribution in [0.15, 0.2) is 60.6 Å². The van der Waals surface area contributed by atoms with E-state index in [0.717, 1.165) is 5.56 Å². The second-order valence-electron chi connectivity index (χ2n) is 5.52. The Morgan fingerprint density at radius 1 is 1.15 bits per heavy atom. The van der Waals surface area contributed by atoms with Gasteiger partial charge >= 0.3 is 6.61 Å². The van der Waals surface area contributed by atoms with Crippen molar-refractivity contribution in [2.24, 2.45) is 0 Å². The number of ether oxygens (including phenoxy) is 3. The van der Waals surface area contributed by atoms with Gasteiger partial charge in [-0.1, -0.05) is 30.3 Å². The molecule has 0 radical (unpaired) electrons. The molecule has 0 aliphatic carbocycles. The van der Waals surface area contributed by atoms with Crippen molar-refractivity contribution >= 4 is 11.6 Å². The molecule has 5 nitrogen and oxygen atoms in total. The first-order valence-corrected chi connectivity index (χ1v) is 7.99. The summed E-state index contributed by atoms with van der Waals surface area (Å²) >= 11 is 0. The number of anilines is 1. The SMILES string of the molecule is O=C(Nc1ccc(OC(F)F)c(Cc2ccccc2)c1)C1=COCCO1. The van der Waals surface area contributed by atoms with E-state index in [0.29, 0.717) is 30.9 Å².